The summed E-state index contributed by atoms with van der Waals surface area (Å²) in [6.07, 6.45) is 5.40. The van der Waals surface area contributed by atoms with Crippen LogP contribution in [0.5, 0.6) is 5.75 Å². The SMILES string of the molecule is O=C1c2c(O)cccc2C=C2C=CCC(O)C12. The highest BCUT2D eigenvalue weighted by molar-refractivity contribution is 6.08. The summed E-state index contributed by atoms with van der Waals surface area (Å²) in [6.45, 7) is 0. The van der Waals surface area contributed by atoms with Gasteiger partial charge >= 0.3 is 0 Å². The second kappa shape index (κ2) is 3.57. The molecule has 0 amide bonds. The molecule has 3 nitrogen and oxygen atoms in total. The first-order valence-corrected chi connectivity index (χ1v) is 5.61. The maximum absolute atomic E-state index is 12.3. The number of hydrogen-bond donors (Lipinski definition) is 2. The van der Waals surface area contributed by atoms with Gasteiger partial charge in [0.1, 0.15) is 5.75 Å². The van der Waals surface area contributed by atoms with Crippen LogP contribution in [0.4, 0.5) is 0 Å². The molecule has 2 aliphatic rings. The summed E-state index contributed by atoms with van der Waals surface area (Å²) in [7, 11) is 0. The Kier molecular flexibility index (Phi) is 2.16. The van der Waals surface area contributed by atoms with Crippen molar-refractivity contribution in [2.24, 2.45) is 5.92 Å². The van der Waals surface area contributed by atoms with Crippen molar-refractivity contribution in [2.75, 3.05) is 0 Å². The summed E-state index contributed by atoms with van der Waals surface area (Å²) < 4.78 is 0. The Morgan fingerprint density at radius 3 is 2.94 bits per heavy atom. The average molecular weight is 228 g/mol. The quantitative estimate of drug-likeness (QED) is 0.713. The maximum atomic E-state index is 12.3. The van der Waals surface area contributed by atoms with Crippen LogP contribution in [-0.4, -0.2) is 22.1 Å². The molecule has 2 N–H and O–H groups in total. The smallest absolute Gasteiger partial charge is 0.177 e. The molecule has 0 radical (unpaired) electrons. The van der Waals surface area contributed by atoms with Gasteiger partial charge in [0, 0.05) is 0 Å². The molecule has 2 atom stereocenters. The fourth-order valence-electron chi connectivity index (χ4n) is 2.55. The normalized spacial score (nSPS) is 26.2. The summed E-state index contributed by atoms with van der Waals surface area (Å²) in [6, 6.07) is 5.01. The minimum absolute atomic E-state index is 0.00967. The fraction of sp³-hybridized carbons (Fsp3) is 0.214. The number of aliphatic hydroxyl groups is 1. The monoisotopic (exact) mass is 228 g/mol. The molecule has 0 spiro atoms. The molecule has 0 aromatic heterocycles. The molecule has 0 bridgehead atoms. The number of carbonyl (C=O) groups is 1. The number of phenolic OH excluding ortho intramolecular Hbond substituents is 1. The number of benzene rings is 1. The van der Waals surface area contributed by atoms with Crippen LogP contribution in [0.1, 0.15) is 22.3 Å². The van der Waals surface area contributed by atoms with E-state index in [0.29, 0.717) is 12.0 Å². The van der Waals surface area contributed by atoms with E-state index in [4.69, 9.17) is 0 Å². The van der Waals surface area contributed by atoms with E-state index in [9.17, 15) is 15.0 Å². The zero-order chi connectivity index (χ0) is 12.0. The van der Waals surface area contributed by atoms with Gasteiger partial charge in [-0.2, -0.15) is 0 Å². The third kappa shape index (κ3) is 1.43. The minimum atomic E-state index is -0.688. The van der Waals surface area contributed by atoms with E-state index in [-0.39, 0.29) is 11.5 Å². The number of fused-ring (bicyclic) bond motifs is 2. The Bertz CT molecular complexity index is 555. The van der Waals surface area contributed by atoms with E-state index in [0.717, 1.165) is 11.1 Å². The number of hydrogen-bond acceptors (Lipinski definition) is 3. The standard InChI is InChI=1S/C14H12O3/c15-10-5-1-3-8-7-9-4-2-6-11(16)13(9)14(17)12(8)10/h1-5,7,11,13,15-16H,6H2. The fourth-order valence-corrected chi connectivity index (χ4v) is 2.55. The van der Waals surface area contributed by atoms with Crippen molar-refractivity contribution in [2.45, 2.75) is 12.5 Å². The van der Waals surface area contributed by atoms with Gasteiger partial charge in [0.2, 0.25) is 0 Å². The van der Waals surface area contributed by atoms with Gasteiger partial charge in [-0.05, 0) is 23.6 Å². The molecule has 17 heavy (non-hydrogen) atoms. The van der Waals surface area contributed by atoms with Gasteiger partial charge in [0.25, 0.3) is 0 Å². The summed E-state index contributed by atoms with van der Waals surface area (Å²) in [4.78, 5) is 12.3. The van der Waals surface area contributed by atoms with E-state index >= 15 is 0 Å². The first-order valence-electron chi connectivity index (χ1n) is 5.61. The van der Waals surface area contributed by atoms with Crippen LogP contribution in [0.2, 0.25) is 0 Å². The van der Waals surface area contributed by atoms with Gasteiger partial charge < -0.3 is 10.2 Å². The molecular formula is C14H12O3. The Morgan fingerprint density at radius 2 is 2.12 bits per heavy atom. The third-order valence-electron chi connectivity index (χ3n) is 3.36. The van der Waals surface area contributed by atoms with Crippen molar-refractivity contribution >= 4 is 11.9 Å². The summed E-state index contributed by atoms with van der Waals surface area (Å²) in [5.74, 6) is -0.724. The number of carbonyl (C=O) groups excluding carboxylic acids is 1. The zero-order valence-electron chi connectivity index (χ0n) is 9.13. The largest absolute Gasteiger partial charge is 0.507 e. The third-order valence-corrected chi connectivity index (χ3v) is 3.36. The summed E-state index contributed by atoms with van der Waals surface area (Å²) in [5, 5.41) is 19.7. The molecule has 0 aliphatic heterocycles. The molecule has 0 saturated carbocycles. The van der Waals surface area contributed by atoms with Gasteiger partial charge in [0.15, 0.2) is 5.78 Å². The van der Waals surface area contributed by atoms with Crippen LogP contribution in [0, 0.1) is 5.92 Å². The minimum Gasteiger partial charge on any atom is -0.507 e. The molecule has 1 aromatic carbocycles. The predicted molar refractivity (Wildman–Crippen MR) is 63.7 cm³/mol. The van der Waals surface area contributed by atoms with E-state index in [1.54, 1.807) is 12.1 Å². The van der Waals surface area contributed by atoms with E-state index in [1.165, 1.54) is 6.07 Å². The summed E-state index contributed by atoms with van der Waals surface area (Å²) in [5.41, 5.74) is 1.88. The van der Waals surface area contributed by atoms with Crippen LogP contribution >= 0.6 is 0 Å². The highest BCUT2D eigenvalue weighted by atomic mass is 16.3. The molecule has 3 rings (SSSR count). The van der Waals surface area contributed by atoms with Crippen molar-refractivity contribution in [1.29, 1.82) is 0 Å². The van der Waals surface area contributed by atoms with Crippen LogP contribution in [0.25, 0.3) is 6.08 Å². The molecule has 3 heteroatoms. The number of aromatic hydroxyl groups is 1. The lowest BCUT2D eigenvalue weighted by Gasteiger charge is -2.29. The Morgan fingerprint density at radius 1 is 1.29 bits per heavy atom. The lowest BCUT2D eigenvalue weighted by Crippen LogP contribution is -2.33. The topological polar surface area (TPSA) is 57.5 Å². The van der Waals surface area contributed by atoms with Gasteiger partial charge in [0.05, 0.1) is 17.6 Å². The molecule has 2 aliphatic carbocycles. The second-order valence-corrected chi connectivity index (χ2v) is 4.43. The van der Waals surface area contributed by atoms with Crippen molar-refractivity contribution in [3.63, 3.8) is 0 Å². The van der Waals surface area contributed by atoms with Crippen LogP contribution < -0.4 is 0 Å². The number of Topliss-reactive ketones (excluding diaryl/α,β-unsaturated/α-hetero) is 1. The van der Waals surface area contributed by atoms with Gasteiger partial charge in [-0.3, -0.25) is 4.79 Å². The molecule has 0 saturated heterocycles. The number of allylic oxidation sites excluding steroid dienone is 1. The highest BCUT2D eigenvalue weighted by Crippen LogP contribution is 2.38. The molecule has 1 aromatic rings. The first-order chi connectivity index (χ1) is 8.18. The lowest BCUT2D eigenvalue weighted by molar-refractivity contribution is 0.0744. The van der Waals surface area contributed by atoms with Crippen molar-refractivity contribution in [3.8, 4) is 5.75 Å². The predicted octanol–water partition coefficient (Wildman–Crippen LogP) is 1.91. The zero-order valence-corrected chi connectivity index (χ0v) is 9.13. The van der Waals surface area contributed by atoms with E-state index < -0.39 is 12.0 Å². The van der Waals surface area contributed by atoms with Gasteiger partial charge in [-0.1, -0.05) is 30.4 Å². The number of ketones is 1. The average Bonchev–Trinajstić information content (AvgIpc) is 2.28. The number of rotatable bonds is 0. The van der Waals surface area contributed by atoms with Crippen LogP contribution in [0.3, 0.4) is 0 Å². The first kappa shape index (κ1) is 10.3. The molecule has 0 heterocycles. The lowest BCUT2D eigenvalue weighted by atomic mass is 9.75. The number of aliphatic hydroxyl groups excluding tert-OH is 1. The highest BCUT2D eigenvalue weighted by Gasteiger charge is 2.36. The van der Waals surface area contributed by atoms with Crippen molar-refractivity contribution in [1.82, 2.24) is 0 Å². The second-order valence-electron chi connectivity index (χ2n) is 4.43. The molecule has 86 valence electrons. The molecule has 0 fully saturated rings. The summed E-state index contributed by atoms with van der Waals surface area (Å²) >= 11 is 0. The van der Waals surface area contributed by atoms with Crippen LogP contribution in [-0.2, 0) is 0 Å². The van der Waals surface area contributed by atoms with E-state index in [1.807, 2.05) is 18.2 Å². The maximum Gasteiger partial charge on any atom is 0.177 e. The van der Waals surface area contributed by atoms with Gasteiger partial charge in [-0.15, -0.1) is 0 Å². The van der Waals surface area contributed by atoms with Crippen LogP contribution in [0.15, 0.2) is 35.9 Å². The van der Waals surface area contributed by atoms with Gasteiger partial charge in [-0.25, -0.2) is 0 Å². The Hall–Kier alpha value is -1.87. The Labute approximate surface area is 98.7 Å². The number of phenols is 1. The molecule has 2 unspecified atom stereocenters. The van der Waals surface area contributed by atoms with E-state index in [2.05, 4.69) is 0 Å². The molecular weight excluding hydrogens is 216 g/mol. The van der Waals surface area contributed by atoms with Crippen molar-refractivity contribution < 1.29 is 15.0 Å². The Balaban J connectivity index is 2.23. The van der Waals surface area contributed by atoms with Crippen molar-refractivity contribution in [3.05, 3.63) is 47.1 Å².